The zero-order valence-corrected chi connectivity index (χ0v) is 11.6. The average molecular weight is 286 g/mol. The molecule has 5 heteroatoms. The Kier molecular flexibility index (Phi) is 3.16. The largest absolute Gasteiger partial charge is 0.325 e. The van der Waals surface area contributed by atoms with Gasteiger partial charge in [0.2, 0.25) is 5.91 Å². The summed E-state index contributed by atoms with van der Waals surface area (Å²) in [5.41, 5.74) is -0.679. The van der Waals surface area contributed by atoms with E-state index < -0.39 is 10.8 Å². The normalized spacial score (nSPS) is 29.8. The van der Waals surface area contributed by atoms with Gasteiger partial charge in [0.15, 0.2) is 0 Å². The smallest absolute Gasteiger partial charge is 0.231 e. The summed E-state index contributed by atoms with van der Waals surface area (Å²) >= 11 is 11.7. The van der Waals surface area contributed by atoms with Gasteiger partial charge in [0.05, 0.1) is 5.41 Å². The Morgan fingerprint density at radius 2 is 1.83 bits per heavy atom. The van der Waals surface area contributed by atoms with Gasteiger partial charge in [-0.05, 0) is 31.5 Å². The SMILES string of the molecule is CC1(C=O)CC1(C)C(=O)Nc1cc(Cl)cc(Cl)c1. The van der Waals surface area contributed by atoms with Crippen molar-refractivity contribution in [1.29, 1.82) is 0 Å². The maximum atomic E-state index is 12.1. The van der Waals surface area contributed by atoms with Crippen molar-refractivity contribution in [3.63, 3.8) is 0 Å². The molecule has 0 aromatic heterocycles. The first-order valence-electron chi connectivity index (χ1n) is 5.55. The maximum Gasteiger partial charge on any atom is 0.231 e. The van der Waals surface area contributed by atoms with Crippen LogP contribution in [-0.4, -0.2) is 12.2 Å². The lowest BCUT2D eigenvalue weighted by Crippen LogP contribution is -2.27. The van der Waals surface area contributed by atoms with Crippen LogP contribution < -0.4 is 5.32 Å². The Morgan fingerprint density at radius 1 is 1.28 bits per heavy atom. The van der Waals surface area contributed by atoms with Gasteiger partial charge in [-0.1, -0.05) is 30.1 Å². The minimum absolute atomic E-state index is 0.185. The van der Waals surface area contributed by atoms with Gasteiger partial charge in [-0.3, -0.25) is 4.79 Å². The number of carbonyl (C=O) groups is 2. The number of hydrogen-bond donors (Lipinski definition) is 1. The molecule has 96 valence electrons. The van der Waals surface area contributed by atoms with Crippen molar-refractivity contribution in [2.24, 2.45) is 10.8 Å². The lowest BCUT2D eigenvalue weighted by atomic mass is 9.96. The van der Waals surface area contributed by atoms with Gasteiger partial charge in [0, 0.05) is 21.1 Å². The van der Waals surface area contributed by atoms with E-state index in [1.807, 2.05) is 0 Å². The van der Waals surface area contributed by atoms with Crippen molar-refractivity contribution in [3.05, 3.63) is 28.2 Å². The van der Waals surface area contributed by atoms with Crippen molar-refractivity contribution < 1.29 is 9.59 Å². The Hall–Kier alpha value is -1.06. The summed E-state index contributed by atoms with van der Waals surface area (Å²) in [5.74, 6) is -0.185. The van der Waals surface area contributed by atoms with Gasteiger partial charge >= 0.3 is 0 Å². The van der Waals surface area contributed by atoms with E-state index in [-0.39, 0.29) is 5.91 Å². The van der Waals surface area contributed by atoms with E-state index in [0.717, 1.165) is 6.29 Å². The Labute approximate surface area is 115 Å². The molecule has 0 bridgehead atoms. The lowest BCUT2D eigenvalue weighted by Gasteiger charge is -2.14. The Morgan fingerprint density at radius 3 is 2.28 bits per heavy atom. The molecule has 0 spiro atoms. The third-order valence-corrected chi connectivity index (χ3v) is 4.17. The van der Waals surface area contributed by atoms with E-state index in [1.54, 1.807) is 32.0 Å². The summed E-state index contributed by atoms with van der Waals surface area (Å²) in [4.78, 5) is 23.1. The molecule has 1 aliphatic rings. The van der Waals surface area contributed by atoms with Crippen LogP contribution in [0.15, 0.2) is 18.2 Å². The van der Waals surface area contributed by atoms with Crippen LogP contribution in [0.25, 0.3) is 0 Å². The fourth-order valence-corrected chi connectivity index (χ4v) is 2.62. The van der Waals surface area contributed by atoms with Gasteiger partial charge < -0.3 is 10.1 Å². The fraction of sp³-hybridized carbons (Fsp3) is 0.385. The second-order valence-corrected chi connectivity index (χ2v) is 6.03. The lowest BCUT2D eigenvalue weighted by molar-refractivity contribution is -0.124. The molecule has 1 aromatic carbocycles. The van der Waals surface area contributed by atoms with Crippen LogP contribution in [0.3, 0.4) is 0 Å². The summed E-state index contributed by atoms with van der Waals surface area (Å²) < 4.78 is 0. The van der Waals surface area contributed by atoms with Gasteiger partial charge in [-0.2, -0.15) is 0 Å². The van der Waals surface area contributed by atoms with E-state index in [2.05, 4.69) is 5.32 Å². The van der Waals surface area contributed by atoms with Gasteiger partial charge in [-0.25, -0.2) is 0 Å². The summed E-state index contributed by atoms with van der Waals surface area (Å²) in [6.07, 6.45) is 1.40. The molecular weight excluding hydrogens is 273 g/mol. The van der Waals surface area contributed by atoms with E-state index in [0.29, 0.717) is 22.2 Å². The predicted molar refractivity (Wildman–Crippen MR) is 72.0 cm³/mol. The van der Waals surface area contributed by atoms with Gasteiger partial charge in [0.25, 0.3) is 0 Å². The Bertz CT molecular complexity index is 511. The first-order valence-corrected chi connectivity index (χ1v) is 6.30. The molecule has 1 aromatic rings. The highest BCUT2D eigenvalue weighted by molar-refractivity contribution is 6.35. The van der Waals surface area contributed by atoms with Crippen LogP contribution in [0.1, 0.15) is 20.3 Å². The maximum absolute atomic E-state index is 12.1. The van der Waals surface area contributed by atoms with Crippen LogP contribution in [0.4, 0.5) is 5.69 Å². The van der Waals surface area contributed by atoms with E-state index in [9.17, 15) is 9.59 Å². The summed E-state index contributed by atoms with van der Waals surface area (Å²) in [6.45, 7) is 3.56. The molecule has 2 rings (SSSR count). The van der Waals surface area contributed by atoms with E-state index in [1.165, 1.54) is 0 Å². The number of anilines is 1. The van der Waals surface area contributed by atoms with Crippen LogP contribution in [-0.2, 0) is 9.59 Å². The molecule has 1 aliphatic carbocycles. The van der Waals surface area contributed by atoms with Crippen LogP contribution >= 0.6 is 23.2 Å². The molecule has 0 saturated heterocycles. The summed E-state index contributed by atoms with van der Waals surface area (Å²) in [6, 6.07) is 4.83. The van der Waals surface area contributed by atoms with E-state index in [4.69, 9.17) is 23.2 Å². The predicted octanol–water partition coefficient (Wildman–Crippen LogP) is 3.55. The first kappa shape index (κ1) is 13.4. The number of aldehydes is 1. The van der Waals surface area contributed by atoms with Crippen LogP contribution in [0.2, 0.25) is 10.0 Å². The number of hydrogen-bond acceptors (Lipinski definition) is 2. The third kappa shape index (κ3) is 2.13. The van der Waals surface area contributed by atoms with Crippen LogP contribution in [0.5, 0.6) is 0 Å². The van der Waals surface area contributed by atoms with Gasteiger partial charge in [-0.15, -0.1) is 0 Å². The number of halogens is 2. The molecule has 0 heterocycles. The molecule has 0 aliphatic heterocycles. The second kappa shape index (κ2) is 4.25. The standard InChI is InChI=1S/C13H13Cl2NO2/c1-12(7-17)6-13(12,2)11(18)16-10-4-8(14)3-9(15)5-10/h3-5,7H,6H2,1-2H3,(H,16,18). The number of benzene rings is 1. The monoisotopic (exact) mass is 285 g/mol. The molecule has 1 amide bonds. The zero-order chi connectivity index (χ0) is 13.6. The number of nitrogens with one attached hydrogen (secondary N) is 1. The van der Waals surface area contributed by atoms with Crippen molar-refractivity contribution in [2.75, 3.05) is 5.32 Å². The summed E-state index contributed by atoms with van der Waals surface area (Å²) in [7, 11) is 0. The molecule has 1 fully saturated rings. The molecule has 1 saturated carbocycles. The Balaban J connectivity index is 2.16. The first-order chi connectivity index (χ1) is 8.30. The molecule has 18 heavy (non-hydrogen) atoms. The van der Waals surface area contributed by atoms with Crippen molar-refractivity contribution in [2.45, 2.75) is 20.3 Å². The topological polar surface area (TPSA) is 46.2 Å². The number of amides is 1. The highest BCUT2D eigenvalue weighted by Gasteiger charge is 2.66. The highest BCUT2D eigenvalue weighted by atomic mass is 35.5. The molecule has 0 radical (unpaired) electrons. The molecule has 2 unspecified atom stereocenters. The minimum atomic E-state index is -0.649. The highest BCUT2D eigenvalue weighted by Crippen LogP contribution is 2.62. The van der Waals surface area contributed by atoms with E-state index >= 15 is 0 Å². The third-order valence-electron chi connectivity index (χ3n) is 3.74. The summed E-state index contributed by atoms with van der Waals surface area (Å²) in [5, 5.41) is 3.66. The second-order valence-electron chi connectivity index (χ2n) is 5.16. The minimum Gasteiger partial charge on any atom is -0.325 e. The van der Waals surface area contributed by atoms with Gasteiger partial charge in [0.1, 0.15) is 6.29 Å². The quantitative estimate of drug-likeness (QED) is 0.864. The van der Waals surface area contributed by atoms with Crippen molar-refractivity contribution in [3.8, 4) is 0 Å². The molecule has 2 atom stereocenters. The average Bonchev–Trinajstić information content (AvgIpc) is 2.82. The fourth-order valence-electron chi connectivity index (χ4n) is 2.10. The molecule has 3 nitrogen and oxygen atoms in total. The zero-order valence-electron chi connectivity index (χ0n) is 10.1. The number of rotatable bonds is 3. The number of carbonyl (C=O) groups excluding carboxylic acids is 2. The van der Waals surface area contributed by atoms with Crippen LogP contribution in [0, 0.1) is 10.8 Å². The molecule has 1 N–H and O–H groups in total. The molecular formula is C13H13Cl2NO2. The van der Waals surface area contributed by atoms with Crippen molar-refractivity contribution >= 4 is 41.1 Å². The van der Waals surface area contributed by atoms with Crippen molar-refractivity contribution in [1.82, 2.24) is 0 Å².